The molecular formula is C19H31N5O3. The fourth-order valence-electron chi connectivity index (χ4n) is 4.12. The fourth-order valence-corrected chi connectivity index (χ4v) is 4.12. The van der Waals surface area contributed by atoms with Crippen molar-refractivity contribution >= 4 is 11.8 Å². The number of imidazole rings is 1. The van der Waals surface area contributed by atoms with E-state index in [9.17, 15) is 14.7 Å². The third kappa shape index (κ3) is 5.52. The minimum atomic E-state index is -0.412. The molecule has 8 nitrogen and oxygen atoms in total. The molecule has 150 valence electrons. The molecule has 0 radical (unpaired) electrons. The molecule has 2 fully saturated rings. The lowest BCUT2D eigenvalue weighted by Crippen LogP contribution is -2.53. The van der Waals surface area contributed by atoms with Gasteiger partial charge in [-0.1, -0.05) is 0 Å². The molecule has 1 aliphatic carbocycles. The van der Waals surface area contributed by atoms with Crippen LogP contribution in [0.1, 0.15) is 44.7 Å². The predicted octanol–water partition coefficient (Wildman–Crippen LogP) is 0.199. The Balaban J connectivity index is 1.43. The van der Waals surface area contributed by atoms with Crippen LogP contribution in [0.2, 0.25) is 0 Å². The Morgan fingerprint density at radius 3 is 2.74 bits per heavy atom. The first-order valence-corrected chi connectivity index (χ1v) is 9.97. The molecule has 1 aromatic rings. The van der Waals surface area contributed by atoms with Gasteiger partial charge in [-0.25, -0.2) is 4.98 Å². The molecule has 0 bridgehead atoms. The highest BCUT2D eigenvalue weighted by Gasteiger charge is 2.34. The van der Waals surface area contributed by atoms with Crippen LogP contribution in [0.25, 0.3) is 0 Å². The van der Waals surface area contributed by atoms with Crippen LogP contribution in [0.4, 0.5) is 0 Å². The lowest BCUT2D eigenvalue weighted by molar-refractivity contribution is -0.130. The van der Waals surface area contributed by atoms with E-state index in [1.165, 1.54) is 0 Å². The predicted molar refractivity (Wildman–Crippen MR) is 101 cm³/mol. The van der Waals surface area contributed by atoms with Gasteiger partial charge in [0, 0.05) is 62.9 Å². The second-order valence-electron chi connectivity index (χ2n) is 7.75. The number of aliphatic hydroxyl groups is 1. The molecule has 3 rings (SSSR count). The van der Waals surface area contributed by atoms with E-state index in [1.54, 1.807) is 19.4 Å². The monoisotopic (exact) mass is 377 g/mol. The molecule has 8 heteroatoms. The minimum Gasteiger partial charge on any atom is -0.392 e. The zero-order chi connectivity index (χ0) is 19.2. The molecule has 1 saturated heterocycles. The van der Waals surface area contributed by atoms with Crippen LogP contribution < -0.4 is 10.6 Å². The number of carbonyl (C=O) groups is 2. The van der Waals surface area contributed by atoms with Crippen molar-refractivity contribution < 1.29 is 14.7 Å². The summed E-state index contributed by atoms with van der Waals surface area (Å²) in [6, 6.07) is 0.235. The van der Waals surface area contributed by atoms with Crippen molar-refractivity contribution in [3.63, 3.8) is 0 Å². The fraction of sp³-hybridized carbons (Fsp3) is 0.737. The molecule has 2 heterocycles. The van der Waals surface area contributed by atoms with Crippen molar-refractivity contribution in [2.24, 2.45) is 5.92 Å². The number of nitrogens with zero attached hydrogens (tertiary/aromatic N) is 2. The Morgan fingerprint density at radius 1 is 1.30 bits per heavy atom. The van der Waals surface area contributed by atoms with E-state index >= 15 is 0 Å². The summed E-state index contributed by atoms with van der Waals surface area (Å²) in [5, 5.41) is 16.9. The van der Waals surface area contributed by atoms with Crippen molar-refractivity contribution in [3.05, 3.63) is 18.2 Å². The van der Waals surface area contributed by atoms with Gasteiger partial charge >= 0.3 is 0 Å². The van der Waals surface area contributed by atoms with E-state index in [0.29, 0.717) is 25.4 Å². The van der Waals surface area contributed by atoms with E-state index in [4.69, 9.17) is 0 Å². The summed E-state index contributed by atoms with van der Waals surface area (Å²) in [5.74, 6) is 0.127. The number of amides is 2. The molecule has 1 saturated carbocycles. The Morgan fingerprint density at radius 2 is 2.07 bits per heavy atom. The van der Waals surface area contributed by atoms with Crippen LogP contribution in [0, 0.1) is 5.92 Å². The summed E-state index contributed by atoms with van der Waals surface area (Å²) in [7, 11) is 0. The van der Waals surface area contributed by atoms with E-state index in [-0.39, 0.29) is 23.8 Å². The van der Waals surface area contributed by atoms with Crippen LogP contribution in [-0.4, -0.2) is 69.6 Å². The molecule has 0 spiro atoms. The topological polar surface area (TPSA) is 110 Å². The standard InChI is InChI=1S/C19H31N5O3/c1-13(25)24-8-5-15(6-9-24)23-17-10-14(2-3-18(17)26)19(27)21-7-4-16-11-20-12-22-16/h11-12,14-15,17-18,23,26H,2-10H2,1H3,(H,20,22)(H,21,27)/t14-,17+,18+/m0/s1. The first kappa shape index (κ1) is 19.8. The minimum absolute atomic E-state index is 0.0593. The average Bonchev–Trinajstić information content (AvgIpc) is 3.17. The van der Waals surface area contributed by atoms with E-state index in [2.05, 4.69) is 20.6 Å². The van der Waals surface area contributed by atoms with Gasteiger partial charge in [0.1, 0.15) is 0 Å². The average molecular weight is 377 g/mol. The highest BCUT2D eigenvalue weighted by molar-refractivity contribution is 5.78. The molecule has 1 aliphatic heterocycles. The van der Waals surface area contributed by atoms with Gasteiger partial charge in [0.05, 0.1) is 12.4 Å². The molecule has 2 aliphatic rings. The van der Waals surface area contributed by atoms with E-state index in [0.717, 1.165) is 44.5 Å². The van der Waals surface area contributed by atoms with Gasteiger partial charge in [-0.3, -0.25) is 9.59 Å². The number of hydrogen-bond donors (Lipinski definition) is 4. The molecule has 2 amide bonds. The third-order valence-electron chi connectivity index (χ3n) is 5.82. The Kier molecular flexibility index (Phi) is 6.84. The summed E-state index contributed by atoms with van der Waals surface area (Å²) >= 11 is 0. The summed E-state index contributed by atoms with van der Waals surface area (Å²) in [5.41, 5.74) is 1.01. The Bertz CT molecular complexity index is 613. The van der Waals surface area contributed by atoms with Gasteiger partial charge in [-0.2, -0.15) is 0 Å². The maximum Gasteiger partial charge on any atom is 0.223 e. The maximum absolute atomic E-state index is 12.5. The second-order valence-corrected chi connectivity index (χ2v) is 7.75. The summed E-state index contributed by atoms with van der Waals surface area (Å²) in [6.07, 6.45) is 7.53. The van der Waals surface area contributed by atoms with Gasteiger partial charge < -0.3 is 25.6 Å². The van der Waals surface area contributed by atoms with Crippen LogP contribution in [-0.2, 0) is 16.0 Å². The largest absolute Gasteiger partial charge is 0.392 e. The molecule has 1 aromatic heterocycles. The summed E-state index contributed by atoms with van der Waals surface area (Å²) < 4.78 is 0. The Hall–Kier alpha value is -1.93. The molecule has 3 atom stereocenters. The van der Waals surface area contributed by atoms with Crippen molar-refractivity contribution in [2.75, 3.05) is 19.6 Å². The first-order chi connectivity index (χ1) is 13.0. The van der Waals surface area contributed by atoms with Crippen molar-refractivity contribution in [3.8, 4) is 0 Å². The number of H-pyrrole nitrogens is 1. The highest BCUT2D eigenvalue weighted by atomic mass is 16.3. The number of rotatable bonds is 6. The van der Waals surface area contributed by atoms with Crippen LogP contribution in [0.5, 0.6) is 0 Å². The lowest BCUT2D eigenvalue weighted by atomic mass is 9.82. The van der Waals surface area contributed by atoms with Gasteiger partial charge in [-0.05, 0) is 32.1 Å². The number of nitrogens with one attached hydrogen (secondary N) is 3. The SMILES string of the molecule is CC(=O)N1CCC(N[C@@H]2C[C@@H](C(=O)NCCc3cnc[nH]3)CC[C@H]2O)CC1. The molecular weight excluding hydrogens is 346 g/mol. The number of hydrogen-bond acceptors (Lipinski definition) is 5. The summed E-state index contributed by atoms with van der Waals surface area (Å²) in [4.78, 5) is 32.8. The highest BCUT2D eigenvalue weighted by Crippen LogP contribution is 2.26. The van der Waals surface area contributed by atoms with E-state index in [1.807, 2.05) is 4.90 Å². The third-order valence-corrected chi connectivity index (χ3v) is 5.82. The molecule has 4 N–H and O–H groups in total. The van der Waals surface area contributed by atoms with Gasteiger partial charge in [0.25, 0.3) is 0 Å². The zero-order valence-electron chi connectivity index (χ0n) is 16.0. The summed E-state index contributed by atoms with van der Waals surface area (Å²) in [6.45, 7) is 3.70. The number of likely N-dealkylation sites (tertiary alicyclic amines) is 1. The van der Waals surface area contributed by atoms with E-state index < -0.39 is 6.10 Å². The smallest absolute Gasteiger partial charge is 0.223 e. The van der Waals surface area contributed by atoms with Crippen LogP contribution >= 0.6 is 0 Å². The number of aliphatic hydroxyl groups excluding tert-OH is 1. The van der Waals surface area contributed by atoms with Crippen molar-refractivity contribution in [2.45, 2.75) is 63.6 Å². The van der Waals surface area contributed by atoms with Gasteiger partial charge in [-0.15, -0.1) is 0 Å². The molecule has 0 unspecified atom stereocenters. The maximum atomic E-state index is 12.5. The number of piperidine rings is 1. The van der Waals surface area contributed by atoms with Gasteiger partial charge in [0.15, 0.2) is 0 Å². The number of aromatic nitrogens is 2. The van der Waals surface area contributed by atoms with Crippen LogP contribution in [0.3, 0.4) is 0 Å². The second kappa shape index (κ2) is 9.32. The molecule has 27 heavy (non-hydrogen) atoms. The quantitative estimate of drug-likeness (QED) is 0.566. The number of carbonyl (C=O) groups excluding carboxylic acids is 2. The number of aromatic amines is 1. The molecule has 0 aromatic carbocycles. The van der Waals surface area contributed by atoms with Crippen LogP contribution in [0.15, 0.2) is 12.5 Å². The first-order valence-electron chi connectivity index (χ1n) is 9.97. The normalized spacial score (nSPS) is 26.7. The zero-order valence-corrected chi connectivity index (χ0v) is 16.0. The van der Waals surface area contributed by atoms with Gasteiger partial charge in [0.2, 0.25) is 11.8 Å². The Labute approximate surface area is 160 Å². The van der Waals surface area contributed by atoms with Crippen molar-refractivity contribution in [1.82, 2.24) is 25.5 Å². The lowest BCUT2D eigenvalue weighted by Gasteiger charge is -2.38. The van der Waals surface area contributed by atoms with Crippen molar-refractivity contribution in [1.29, 1.82) is 0 Å².